The zero-order chi connectivity index (χ0) is 35.1. The maximum absolute atomic E-state index is 13.1. The molecule has 1 aliphatic heterocycles. The number of aromatic nitrogens is 1. The Morgan fingerprint density at radius 2 is 1.67 bits per heavy atom. The molecular formula is C37H47N5O7. The van der Waals surface area contributed by atoms with E-state index in [-0.39, 0.29) is 23.5 Å². The van der Waals surface area contributed by atoms with Gasteiger partial charge in [0.25, 0.3) is 0 Å². The molecule has 0 radical (unpaired) electrons. The minimum Gasteiger partial charge on any atom is -0.504 e. The topological polar surface area (TPSA) is 169 Å². The number of ether oxygens (including phenoxy) is 2. The molecule has 2 aromatic carbocycles. The number of phenolic OH excluding ortho intramolecular Hbond substituents is 2. The summed E-state index contributed by atoms with van der Waals surface area (Å²) in [6.45, 7) is 12.2. The van der Waals surface area contributed by atoms with E-state index >= 15 is 0 Å². The Morgan fingerprint density at radius 1 is 1.00 bits per heavy atom. The monoisotopic (exact) mass is 673 g/mol. The number of H-pyrrole nitrogens is 1. The second kappa shape index (κ2) is 11.4. The van der Waals surface area contributed by atoms with Crippen molar-refractivity contribution in [2.24, 2.45) is 10.9 Å². The molecule has 1 aromatic heterocycles. The molecule has 2 heterocycles. The Balaban J connectivity index is 1.28. The third-order valence-electron chi connectivity index (χ3n) is 10.4. The Bertz CT molecular complexity index is 1830. The van der Waals surface area contributed by atoms with Crippen LogP contribution in [0.25, 0.3) is 10.9 Å². The number of guanidine groups is 1. The van der Waals surface area contributed by atoms with Gasteiger partial charge in [0.05, 0.1) is 11.3 Å². The number of likely N-dealkylation sites (tertiary alicyclic amines) is 1. The highest BCUT2D eigenvalue weighted by molar-refractivity contribution is 6.03. The van der Waals surface area contributed by atoms with Crippen molar-refractivity contribution in [3.8, 4) is 11.5 Å². The zero-order valence-corrected chi connectivity index (χ0v) is 29.1. The largest absolute Gasteiger partial charge is 0.504 e. The van der Waals surface area contributed by atoms with Crippen LogP contribution in [0.4, 0.5) is 15.3 Å². The Hall–Kier alpha value is -4.29. The molecule has 49 heavy (non-hydrogen) atoms. The summed E-state index contributed by atoms with van der Waals surface area (Å²) in [5.41, 5.74) is 1.34. The summed E-state index contributed by atoms with van der Waals surface area (Å²) in [6, 6.07) is 8.83. The number of fused-ring (bicyclic) bond motifs is 4. The molecule has 1 saturated heterocycles. The molecule has 12 heteroatoms. The van der Waals surface area contributed by atoms with Crippen molar-refractivity contribution >= 4 is 34.7 Å². The van der Waals surface area contributed by atoms with Crippen molar-refractivity contribution in [1.82, 2.24) is 20.5 Å². The smallest absolute Gasteiger partial charge is 0.414 e. The number of alkyl carbamates (subject to hydrolysis) is 2. The number of piperidine rings is 1. The number of hydrogen-bond donors (Lipinski definition) is 6. The van der Waals surface area contributed by atoms with Crippen LogP contribution in [0.2, 0.25) is 0 Å². The van der Waals surface area contributed by atoms with Crippen molar-refractivity contribution < 1.29 is 34.4 Å². The lowest BCUT2D eigenvalue weighted by atomic mass is 9.49. The first-order valence-electron chi connectivity index (χ1n) is 17.2. The van der Waals surface area contributed by atoms with Crippen LogP contribution in [0.1, 0.15) is 83.2 Å². The van der Waals surface area contributed by atoms with E-state index in [0.29, 0.717) is 42.9 Å². The molecule has 7 rings (SSSR count). The maximum atomic E-state index is 13.1. The van der Waals surface area contributed by atoms with Crippen molar-refractivity contribution in [3.05, 3.63) is 52.7 Å². The van der Waals surface area contributed by atoms with Crippen LogP contribution in [0.3, 0.4) is 0 Å². The molecule has 2 bridgehead atoms. The van der Waals surface area contributed by atoms with Gasteiger partial charge in [-0.1, -0.05) is 6.07 Å². The number of aromatic hydroxyl groups is 2. The number of hydrogen-bond acceptors (Lipinski definition) is 9. The molecule has 0 spiro atoms. The van der Waals surface area contributed by atoms with E-state index in [1.54, 1.807) is 53.7 Å². The molecule has 12 nitrogen and oxygen atoms in total. The normalized spacial score (nSPS) is 24.7. The van der Waals surface area contributed by atoms with E-state index in [4.69, 9.17) is 9.47 Å². The first-order chi connectivity index (χ1) is 22.9. The number of carbonyl (C=O) groups excluding carboxylic acids is 2. The van der Waals surface area contributed by atoms with Gasteiger partial charge in [0, 0.05) is 53.0 Å². The lowest BCUT2D eigenvalue weighted by Gasteiger charge is -2.63. The average Bonchev–Trinajstić information content (AvgIpc) is 3.72. The Morgan fingerprint density at radius 3 is 2.31 bits per heavy atom. The number of rotatable bonds is 3. The predicted molar refractivity (Wildman–Crippen MR) is 184 cm³/mol. The van der Waals surface area contributed by atoms with Crippen LogP contribution in [0, 0.1) is 5.92 Å². The molecule has 3 aliphatic carbocycles. The van der Waals surface area contributed by atoms with Gasteiger partial charge in [-0.05, 0) is 115 Å². The van der Waals surface area contributed by atoms with Gasteiger partial charge in [-0.15, -0.1) is 0 Å². The number of phenols is 2. The highest BCUT2D eigenvalue weighted by Crippen LogP contribution is 2.60. The molecule has 3 aromatic rings. The molecule has 2 amide bonds. The number of aliphatic hydroxyl groups is 1. The van der Waals surface area contributed by atoms with E-state index in [9.17, 15) is 24.9 Å². The summed E-state index contributed by atoms with van der Waals surface area (Å²) in [7, 11) is 0. The van der Waals surface area contributed by atoms with E-state index < -0.39 is 34.4 Å². The lowest BCUT2D eigenvalue weighted by Crippen LogP contribution is -2.74. The van der Waals surface area contributed by atoms with Gasteiger partial charge in [0.15, 0.2) is 11.5 Å². The summed E-state index contributed by atoms with van der Waals surface area (Å²) in [6.07, 6.45) is 2.88. The molecule has 2 fully saturated rings. The second-order valence-corrected chi connectivity index (χ2v) is 16.3. The van der Waals surface area contributed by atoms with Gasteiger partial charge in [-0.2, -0.15) is 0 Å². The third kappa shape index (κ3) is 6.09. The highest BCUT2D eigenvalue weighted by Gasteiger charge is 2.66. The minimum absolute atomic E-state index is 0.135. The quantitative estimate of drug-likeness (QED) is 0.122. The second-order valence-electron chi connectivity index (χ2n) is 16.3. The van der Waals surface area contributed by atoms with Crippen molar-refractivity contribution in [2.75, 3.05) is 13.1 Å². The van der Waals surface area contributed by atoms with Gasteiger partial charge >= 0.3 is 12.2 Å². The molecule has 4 aliphatic rings. The summed E-state index contributed by atoms with van der Waals surface area (Å²) in [4.78, 5) is 36.0. The fraction of sp³-hybridized carbons (Fsp3) is 0.541. The number of nitrogens with zero attached hydrogens (tertiary/aromatic N) is 2. The van der Waals surface area contributed by atoms with Gasteiger partial charge in [-0.25, -0.2) is 14.6 Å². The third-order valence-corrected chi connectivity index (χ3v) is 10.4. The van der Waals surface area contributed by atoms with Gasteiger partial charge in [-0.3, -0.25) is 15.5 Å². The van der Waals surface area contributed by atoms with Gasteiger partial charge in [0.1, 0.15) is 11.2 Å². The zero-order valence-electron chi connectivity index (χ0n) is 29.1. The first kappa shape index (κ1) is 33.2. The highest BCUT2D eigenvalue weighted by atomic mass is 16.6. The number of carbonyl (C=O) groups is 2. The molecule has 1 saturated carbocycles. The standard InChI is InChI=1S/C37H47N5O7/c1-34(2,3)48-32(45)40-31(41-33(46)49-35(4,5)6)38-22-10-11-25-23(16-22)24-17-37(47)28-15-21-9-12-27(43)30(44)29(21)36(37,18-26(24)39-25)13-14-42(28)19-20-7-8-20/h9-12,16,20,28,39,43-44,47H,7-8,13-15,17-19H2,1-6H3,(H2,38,40,41,45,46)/t28-,36-,37+/m0/s1. The molecular weight excluding hydrogens is 626 g/mol. The van der Waals surface area contributed by atoms with Crippen LogP contribution in [-0.4, -0.2) is 79.3 Å². The van der Waals surface area contributed by atoms with Crippen LogP contribution < -0.4 is 10.6 Å². The van der Waals surface area contributed by atoms with Gasteiger partial charge in [0.2, 0.25) is 5.96 Å². The fourth-order valence-corrected chi connectivity index (χ4v) is 8.27. The van der Waals surface area contributed by atoms with Crippen molar-refractivity contribution in [1.29, 1.82) is 0 Å². The Kier molecular flexibility index (Phi) is 7.71. The summed E-state index contributed by atoms with van der Waals surface area (Å²) in [5.74, 6) is 0.184. The molecule has 3 atom stereocenters. The van der Waals surface area contributed by atoms with E-state index in [0.717, 1.165) is 40.8 Å². The number of amides is 2. The lowest BCUT2D eigenvalue weighted by molar-refractivity contribution is -0.152. The van der Waals surface area contributed by atoms with Crippen LogP contribution in [0.15, 0.2) is 35.3 Å². The van der Waals surface area contributed by atoms with Gasteiger partial charge < -0.3 is 29.8 Å². The summed E-state index contributed by atoms with van der Waals surface area (Å²) >= 11 is 0. The number of aliphatic imine (C=N–C) groups is 1. The number of benzene rings is 2. The minimum atomic E-state index is -1.21. The number of nitrogens with one attached hydrogen (secondary N) is 3. The fourth-order valence-electron chi connectivity index (χ4n) is 8.27. The van der Waals surface area contributed by atoms with Crippen molar-refractivity contribution in [2.45, 2.75) is 108 Å². The Labute approximate surface area is 285 Å². The van der Waals surface area contributed by atoms with E-state index in [1.165, 1.54) is 12.8 Å². The summed E-state index contributed by atoms with van der Waals surface area (Å²) < 4.78 is 10.8. The average molecular weight is 674 g/mol. The summed E-state index contributed by atoms with van der Waals surface area (Å²) in [5, 5.41) is 40.9. The number of aromatic amines is 1. The van der Waals surface area contributed by atoms with Crippen LogP contribution in [-0.2, 0) is 34.2 Å². The predicted octanol–water partition coefficient (Wildman–Crippen LogP) is 5.42. The first-order valence-corrected chi connectivity index (χ1v) is 17.2. The van der Waals surface area contributed by atoms with E-state index in [1.807, 2.05) is 18.2 Å². The van der Waals surface area contributed by atoms with Crippen molar-refractivity contribution in [3.63, 3.8) is 0 Å². The molecule has 6 N–H and O–H groups in total. The maximum Gasteiger partial charge on any atom is 0.414 e. The van der Waals surface area contributed by atoms with Crippen LogP contribution in [0.5, 0.6) is 11.5 Å². The van der Waals surface area contributed by atoms with E-state index in [2.05, 4.69) is 25.5 Å². The van der Waals surface area contributed by atoms with Crippen LogP contribution >= 0.6 is 0 Å². The molecule has 262 valence electrons. The SMILES string of the molecule is CC(C)(C)OC(=O)NC(=Nc1ccc2[nH]c3c(c2c1)C[C@@]1(O)[C@@H]2Cc4ccc(O)c(O)c4[C@]1(CCN2CC1CC1)C3)NC(=O)OC(C)(C)C. The molecule has 0 unspecified atom stereocenters.